The van der Waals surface area contributed by atoms with Gasteiger partial charge in [0.2, 0.25) is 21.8 Å². The van der Waals surface area contributed by atoms with Crippen LogP contribution in [0.4, 0.5) is 5.69 Å². The molecular weight excluding hydrogens is 497 g/mol. The smallest absolute Gasteiger partial charge is 0.244 e. The molecule has 0 aliphatic carbocycles. The van der Waals surface area contributed by atoms with Gasteiger partial charge in [0, 0.05) is 23.1 Å². The highest BCUT2D eigenvalue weighted by Crippen LogP contribution is 2.26. The first kappa shape index (κ1) is 28.0. The van der Waals surface area contributed by atoms with Crippen LogP contribution in [0, 0.1) is 13.8 Å². The van der Waals surface area contributed by atoms with E-state index in [1.165, 1.54) is 4.90 Å². The monoisotopic (exact) mass is 527 g/mol. The molecule has 0 saturated heterocycles. The van der Waals surface area contributed by atoms with Crippen molar-refractivity contribution in [3.05, 3.63) is 63.1 Å². The van der Waals surface area contributed by atoms with Crippen molar-refractivity contribution >= 4 is 50.7 Å². The first-order valence-corrected chi connectivity index (χ1v) is 13.5. The SMILES string of the molecule is CCCNC(=O)[C@H](C)N(Cc1ccc(Cl)cc1Cl)C(=O)CN(c1ccc(C)cc1C)S(C)(=O)=O. The summed E-state index contributed by atoms with van der Waals surface area (Å²) in [5.74, 6) is -0.867. The molecule has 0 spiro atoms. The van der Waals surface area contributed by atoms with Crippen molar-refractivity contribution in [3.63, 3.8) is 0 Å². The lowest BCUT2D eigenvalue weighted by Gasteiger charge is -2.32. The quantitative estimate of drug-likeness (QED) is 0.498. The van der Waals surface area contributed by atoms with Crippen molar-refractivity contribution in [2.75, 3.05) is 23.7 Å². The number of hydrogen-bond donors (Lipinski definition) is 1. The lowest BCUT2D eigenvalue weighted by atomic mass is 10.1. The number of aryl methyl sites for hydroxylation is 2. The average molecular weight is 529 g/mol. The Morgan fingerprint density at radius 2 is 1.76 bits per heavy atom. The Labute approximate surface area is 212 Å². The number of amides is 2. The van der Waals surface area contributed by atoms with E-state index >= 15 is 0 Å². The Kier molecular flexibility index (Phi) is 9.79. The Morgan fingerprint density at radius 3 is 2.32 bits per heavy atom. The third kappa shape index (κ3) is 7.35. The fourth-order valence-electron chi connectivity index (χ4n) is 3.49. The van der Waals surface area contributed by atoms with Gasteiger partial charge in [0.05, 0.1) is 11.9 Å². The number of nitrogens with zero attached hydrogens (tertiary/aromatic N) is 2. The minimum Gasteiger partial charge on any atom is -0.354 e. The largest absolute Gasteiger partial charge is 0.354 e. The van der Waals surface area contributed by atoms with Crippen molar-refractivity contribution in [1.82, 2.24) is 10.2 Å². The van der Waals surface area contributed by atoms with Crippen molar-refractivity contribution in [2.45, 2.75) is 46.7 Å². The molecule has 0 aromatic heterocycles. The van der Waals surface area contributed by atoms with Gasteiger partial charge in [-0.25, -0.2) is 8.42 Å². The first-order valence-electron chi connectivity index (χ1n) is 10.9. The number of hydrogen-bond acceptors (Lipinski definition) is 4. The van der Waals surface area contributed by atoms with E-state index in [-0.39, 0.29) is 12.5 Å². The summed E-state index contributed by atoms with van der Waals surface area (Å²) in [5, 5.41) is 3.58. The summed E-state index contributed by atoms with van der Waals surface area (Å²) < 4.78 is 26.4. The summed E-state index contributed by atoms with van der Waals surface area (Å²) in [6, 6.07) is 9.34. The second-order valence-corrected chi connectivity index (χ2v) is 11.0. The van der Waals surface area contributed by atoms with E-state index in [1.54, 1.807) is 44.2 Å². The van der Waals surface area contributed by atoms with Crippen molar-refractivity contribution in [3.8, 4) is 0 Å². The minimum absolute atomic E-state index is 0.0139. The third-order valence-electron chi connectivity index (χ3n) is 5.37. The van der Waals surface area contributed by atoms with Crippen molar-refractivity contribution in [1.29, 1.82) is 0 Å². The lowest BCUT2D eigenvalue weighted by molar-refractivity contribution is -0.139. The van der Waals surface area contributed by atoms with Gasteiger partial charge in [0.1, 0.15) is 12.6 Å². The van der Waals surface area contributed by atoms with Gasteiger partial charge in [0.25, 0.3) is 0 Å². The highest BCUT2D eigenvalue weighted by molar-refractivity contribution is 7.92. The van der Waals surface area contributed by atoms with Gasteiger partial charge in [-0.3, -0.25) is 13.9 Å². The molecule has 0 aliphatic rings. The van der Waals surface area contributed by atoms with Crippen molar-refractivity contribution < 1.29 is 18.0 Å². The molecule has 0 bridgehead atoms. The highest BCUT2D eigenvalue weighted by Gasteiger charge is 2.30. The fraction of sp³-hybridized carbons (Fsp3) is 0.417. The zero-order valence-electron chi connectivity index (χ0n) is 20.1. The molecule has 0 heterocycles. The van der Waals surface area contributed by atoms with Crippen LogP contribution in [0.3, 0.4) is 0 Å². The molecule has 0 saturated carbocycles. The number of rotatable bonds is 10. The molecule has 0 unspecified atom stereocenters. The molecule has 1 atom stereocenters. The summed E-state index contributed by atoms with van der Waals surface area (Å²) in [7, 11) is -3.79. The molecule has 2 aromatic carbocycles. The number of benzene rings is 2. The Balaban J connectivity index is 2.44. The predicted octanol–water partition coefficient (Wildman–Crippen LogP) is 4.32. The number of carbonyl (C=O) groups is 2. The lowest BCUT2D eigenvalue weighted by Crippen LogP contribution is -2.51. The van der Waals surface area contributed by atoms with Gasteiger partial charge in [-0.15, -0.1) is 0 Å². The van der Waals surface area contributed by atoms with Crippen LogP contribution in [0.25, 0.3) is 0 Å². The number of nitrogens with one attached hydrogen (secondary N) is 1. The van der Waals surface area contributed by atoms with E-state index in [1.807, 2.05) is 19.9 Å². The third-order valence-corrected chi connectivity index (χ3v) is 7.09. The normalized spacial score (nSPS) is 12.2. The van der Waals surface area contributed by atoms with Crippen LogP contribution in [-0.4, -0.2) is 50.5 Å². The number of halogens is 2. The highest BCUT2D eigenvalue weighted by atomic mass is 35.5. The summed E-state index contributed by atoms with van der Waals surface area (Å²) in [4.78, 5) is 27.6. The van der Waals surface area contributed by atoms with Crippen LogP contribution in [0.15, 0.2) is 36.4 Å². The number of sulfonamides is 1. The van der Waals surface area contributed by atoms with Crippen LogP contribution in [0.1, 0.15) is 37.0 Å². The van der Waals surface area contributed by atoms with Gasteiger partial charge in [-0.05, 0) is 56.5 Å². The molecule has 10 heteroatoms. The van der Waals surface area contributed by atoms with Crippen LogP contribution < -0.4 is 9.62 Å². The molecule has 0 aliphatic heterocycles. The molecule has 0 radical (unpaired) electrons. The van der Waals surface area contributed by atoms with Crippen LogP contribution in [0.5, 0.6) is 0 Å². The standard InChI is InChI=1S/C24H31Cl2N3O4S/c1-6-11-27-24(31)18(4)28(14-19-8-9-20(25)13-21(19)26)23(30)15-29(34(5,32)33)22-10-7-16(2)12-17(22)3/h7-10,12-13,18H,6,11,14-15H2,1-5H3,(H,27,31)/t18-/m0/s1. The van der Waals surface area contributed by atoms with E-state index in [9.17, 15) is 18.0 Å². The predicted molar refractivity (Wildman–Crippen MR) is 138 cm³/mol. The number of carbonyl (C=O) groups excluding carboxylic acids is 2. The molecular formula is C24H31Cl2N3O4S. The maximum atomic E-state index is 13.5. The molecule has 7 nitrogen and oxygen atoms in total. The van der Waals surface area contributed by atoms with Crippen LogP contribution in [-0.2, 0) is 26.2 Å². The Hall–Kier alpha value is -2.29. The maximum Gasteiger partial charge on any atom is 0.244 e. The van der Waals surface area contributed by atoms with E-state index in [4.69, 9.17) is 23.2 Å². The van der Waals surface area contributed by atoms with Gasteiger partial charge in [-0.1, -0.05) is 53.9 Å². The van der Waals surface area contributed by atoms with Gasteiger partial charge in [0.15, 0.2) is 0 Å². The fourth-order valence-corrected chi connectivity index (χ4v) is 4.87. The van der Waals surface area contributed by atoms with Gasteiger partial charge >= 0.3 is 0 Å². The topological polar surface area (TPSA) is 86.8 Å². The molecule has 1 N–H and O–H groups in total. The zero-order chi connectivity index (χ0) is 25.6. The maximum absolute atomic E-state index is 13.5. The summed E-state index contributed by atoms with van der Waals surface area (Å²) >= 11 is 12.3. The summed E-state index contributed by atoms with van der Waals surface area (Å²) in [6.45, 7) is 7.24. The molecule has 34 heavy (non-hydrogen) atoms. The van der Waals surface area contributed by atoms with E-state index in [0.717, 1.165) is 28.1 Å². The summed E-state index contributed by atoms with van der Waals surface area (Å²) in [5.41, 5.74) is 2.70. The Morgan fingerprint density at radius 1 is 1.09 bits per heavy atom. The molecule has 2 amide bonds. The minimum atomic E-state index is -3.79. The second-order valence-electron chi connectivity index (χ2n) is 8.28. The zero-order valence-corrected chi connectivity index (χ0v) is 22.4. The number of anilines is 1. The average Bonchev–Trinajstić information content (AvgIpc) is 2.74. The van der Waals surface area contributed by atoms with E-state index in [2.05, 4.69) is 5.32 Å². The molecule has 186 valence electrons. The molecule has 2 rings (SSSR count). The van der Waals surface area contributed by atoms with Crippen molar-refractivity contribution in [2.24, 2.45) is 0 Å². The van der Waals surface area contributed by atoms with E-state index < -0.39 is 28.5 Å². The van der Waals surface area contributed by atoms with E-state index in [0.29, 0.717) is 27.8 Å². The van der Waals surface area contributed by atoms with Gasteiger partial charge < -0.3 is 10.2 Å². The van der Waals surface area contributed by atoms with Crippen LogP contribution in [0.2, 0.25) is 10.0 Å². The molecule has 0 fully saturated rings. The molecule has 2 aromatic rings. The van der Waals surface area contributed by atoms with Gasteiger partial charge in [-0.2, -0.15) is 0 Å². The van der Waals surface area contributed by atoms with Crippen LogP contribution >= 0.6 is 23.2 Å². The first-order chi connectivity index (χ1) is 15.8. The second kappa shape index (κ2) is 11.9. The Bertz CT molecular complexity index is 1150. The summed E-state index contributed by atoms with van der Waals surface area (Å²) in [6.07, 6.45) is 1.79.